The Kier molecular flexibility index (Phi) is 32.5. The van der Waals surface area contributed by atoms with Crippen LogP contribution in [-0.2, 0) is 76.1 Å². The summed E-state index contributed by atoms with van der Waals surface area (Å²) in [5, 5.41) is 135. The molecule has 5 saturated heterocycles. The quantitative estimate of drug-likeness (QED) is 0.0164. The molecule has 5 fully saturated rings. The Morgan fingerprint density at radius 1 is 0.389 bits per heavy atom. The third kappa shape index (κ3) is 21.9. The number of aliphatic hydroxyl groups is 11. The number of amides is 5. The van der Waals surface area contributed by atoms with Gasteiger partial charge in [-0.3, -0.25) is 28.8 Å². The smallest absolute Gasteiger partial charge is 0.302 e. The van der Waals surface area contributed by atoms with Crippen molar-refractivity contribution in [1.82, 2.24) is 26.6 Å². The van der Waals surface area contributed by atoms with Gasteiger partial charge in [-0.1, -0.05) is 70.4 Å². The molecule has 5 amide bonds. The second-order valence-electron chi connectivity index (χ2n) is 23.4. The largest absolute Gasteiger partial charge is 0.463 e. The molecule has 5 aliphatic heterocycles. The van der Waals surface area contributed by atoms with Gasteiger partial charge in [0.1, 0.15) is 128 Å². The molecule has 5 rings (SSSR count). The first kappa shape index (κ1) is 76.5. The van der Waals surface area contributed by atoms with Crippen molar-refractivity contribution in [2.75, 3.05) is 33.0 Å². The summed E-state index contributed by atoms with van der Waals surface area (Å²) in [5.41, 5.74) is 0. The molecule has 518 valence electrons. The molecule has 0 aromatic carbocycles. The van der Waals surface area contributed by atoms with Crippen molar-refractivity contribution in [2.24, 2.45) is 0 Å². The van der Waals surface area contributed by atoms with Crippen LogP contribution in [0.15, 0.2) is 12.2 Å². The summed E-state index contributed by atoms with van der Waals surface area (Å²) in [6, 6.07) is -8.18. The molecule has 0 bridgehead atoms. The third-order valence-corrected chi connectivity index (χ3v) is 16.2. The second-order valence-corrected chi connectivity index (χ2v) is 23.4. The van der Waals surface area contributed by atoms with E-state index in [0.717, 1.165) is 86.0 Å². The fraction of sp³-hybridized carbons (Fsp3) is 0.862. The third-order valence-electron chi connectivity index (χ3n) is 16.2. The molecule has 32 nitrogen and oxygen atoms in total. The summed E-state index contributed by atoms with van der Waals surface area (Å²) in [6.07, 6.45) is -17.6. The van der Waals surface area contributed by atoms with Gasteiger partial charge in [0, 0.05) is 41.0 Å². The summed E-state index contributed by atoms with van der Waals surface area (Å²) in [6.45, 7) is 3.11. The van der Waals surface area contributed by atoms with E-state index in [9.17, 15) is 84.9 Å². The number of hydrogen-bond donors (Lipinski definition) is 16. The normalized spacial score (nSPS) is 37.2. The van der Waals surface area contributed by atoms with E-state index < -0.39 is 222 Å². The summed E-state index contributed by atoms with van der Waals surface area (Å²) < 4.78 is 59.3. The van der Waals surface area contributed by atoms with Crippen LogP contribution in [0.1, 0.15) is 131 Å². The Morgan fingerprint density at radius 3 is 1.08 bits per heavy atom. The van der Waals surface area contributed by atoms with Crippen LogP contribution in [0.4, 0.5) is 0 Å². The number of hydrogen-bond acceptors (Lipinski definition) is 27. The zero-order valence-electron chi connectivity index (χ0n) is 52.0. The minimum Gasteiger partial charge on any atom is -0.463 e. The highest BCUT2D eigenvalue weighted by atomic mass is 16.8. The zero-order valence-corrected chi connectivity index (χ0v) is 52.0. The van der Waals surface area contributed by atoms with Crippen LogP contribution in [0.5, 0.6) is 0 Å². The molecular formula is C58H99N5O27. The molecule has 10 unspecified atom stereocenters. The predicted molar refractivity (Wildman–Crippen MR) is 308 cm³/mol. The lowest BCUT2D eigenvalue weighted by Gasteiger charge is -2.51. The van der Waals surface area contributed by atoms with E-state index in [1.165, 1.54) is 25.7 Å². The molecule has 25 atom stereocenters. The van der Waals surface area contributed by atoms with Gasteiger partial charge in [-0.25, -0.2) is 0 Å². The van der Waals surface area contributed by atoms with Gasteiger partial charge in [0.25, 0.3) is 0 Å². The highest BCUT2D eigenvalue weighted by molar-refractivity contribution is 5.76. The molecule has 90 heavy (non-hydrogen) atoms. The van der Waals surface area contributed by atoms with Gasteiger partial charge >= 0.3 is 5.97 Å². The van der Waals surface area contributed by atoms with Crippen LogP contribution >= 0.6 is 0 Å². The van der Waals surface area contributed by atoms with E-state index in [1.54, 1.807) is 0 Å². The van der Waals surface area contributed by atoms with Gasteiger partial charge in [-0.05, 0) is 32.1 Å². The Morgan fingerprint density at radius 2 is 0.711 bits per heavy atom. The first-order valence-electron chi connectivity index (χ1n) is 31.1. The van der Waals surface area contributed by atoms with Crippen LogP contribution in [-0.4, -0.2) is 278 Å². The fourth-order valence-electron chi connectivity index (χ4n) is 11.6. The summed E-state index contributed by atoms with van der Waals surface area (Å²) >= 11 is 0. The van der Waals surface area contributed by atoms with Crippen LogP contribution in [0.2, 0.25) is 0 Å². The van der Waals surface area contributed by atoms with Crippen LogP contribution in [0.25, 0.3) is 0 Å². The second kappa shape index (κ2) is 38.2. The number of rotatable bonds is 34. The molecule has 0 saturated carbocycles. The number of nitrogens with one attached hydrogen (secondary N) is 5. The molecule has 5 heterocycles. The topological polar surface area (TPSA) is 477 Å². The molecule has 0 aromatic heterocycles. The van der Waals surface area contributed by atoms with E-state index in [-0.39, 0.29) is 6.42 Å². The summed E-state index contributed by atoms with van der Waals surface area (Å²) in [4.78, 5) is 75.6. The lowest BCUT2D eigenvalue weighted by Crippen LogP contribution is -2.72. The van der Waals surface area contributed by atoms with Gasteiger partial charge in [-0.2, -0.15) is 0 Å². The van der Waals surface area contributed by atoms with Crippen molar-refractivity contribution >= 4 is 35.5 Å². The molecular weight excluding hydrogens is 1200 g/mol. The van der Waals surface area contributed by atoms with Crippen molar-refractivity contribution in [3.63, 3.8) is 0 Å². The average Bonchev–Trinajstić information content (AvgIpc) is 0.790. The maximum Gasteiger partial charge on any atom is 0.302 e. The number of carbonyl (C=O) groups is 6. The predicted octanol–water partition coefficient (Wildman–Crippen LogP) is -4.62. The fourth-order valence-corrected chi connectivity index (χ4v) is 11.6. The molecule has 5 aliphatic rings. The molecule has 16 N–H and O–H groups in total. The maximum atomic E-state index is 13.5. The number of aliphatic hydroxyl groups excluding tert-OH is 11. The maximum absolute atomic E-state index is 13.5. The van der Waals surface area contributed by atoms with Gasteiger partial charge in [-0.15, -0.1) is 0 Å². The van der Waals surface area contributed by atoms with E-state index in [4.69, 9.17) is 47.4 Å². The van der Waals surface area contributed by atoms with E-state index in [1.807, 2.05) is 0 Å². The highest BCUT2D eigenvalue weighted by Gasteiger charge is 2.58. The minimum absolute atomic E-state index is 0.00827. The van der Waals surface area contributed by atoms with Crippen molar-refractivity contribution in [1.29, 1.82) is 0 Å². The van der Waals surface area contributed by atoms with Crippen molar-refractivity contribution < 1.29 is 132 Å². The number of unbranched alkanes of at least 4 members (excludes halogenated alkanes) is 11. The molecule has 0 aliphatic carbocycles. The number of esters is 1. The minimum atomic E-state index is -2.02. The Hall–Kier alpha value is -4.24. The Labute approximate surface area is 522 Å². The SMILES string of the molecule is CCCCCC/C=C\CCCCCCCCCC(=O)N[C@H]1C(O)[C@H](O)C(COC(C)=O)O[C@H]1O[C@@H]1C(CO)O[C@@H](O[C@@H]2C(CO)O[C@@H](O[C@@H]3C(CO)O[C@@H](O[C@@H]4C(CO)O[C@@H](O)[C@@H](NC(C)=O)C4O)[C@@H](NC(C)=O)C3O)[C@@H](NC(C)=O)C2O)[C@@H](NC(C)=O)C1O. The van der Waals surface area contributed by atoms with E-state index in [0.29, 0.717) is 6.42 Å². The highest BCUT2D eigenvalue weighted by Crippen LogP contribution is 2.36. The average molecular weight is 1300 g/mol. The number of carbonyl (C=O) groups excluding carboxylic acids is 6. The molecule has 0 aromatic rings. The van der Waals surface area contributed by atoms with Gasteiger partial charge < -0.3 is 130 Å². The molecule has 0 radical (unpaired) electrons. The molecule has 32 heteroatoms. The van der Waals surface area contributed by atoms with Crippen molar-refractivity contribution in [2.45, 2.75) is 285 Å². The Balaban J connectivity index is 1.31. The monoisotopic (exact) mass is 1300 g/mol. The van der Waals surface area contributed by atoms with Crippen molar-refractivity contribution in [3.05, 3.63) is 12.2 Å². The zero-order chi connectivity index (χ0) is 66.4. The number of allylic oxidation sites excluding steroid dienone is 2. The standard InChI is InChI=1S/C58H99N5O27/c1-7-8-9-10-11-12-13-14-15-16-17-18-19-20-21-22-38(73)63-40-45(75)44(74)37(27-81-32(6)72)86-55(40)88-51-34(24-65)84-57(42(47(51)77)61-30(4)70)90-53-36(26-67)85-58(43(49(53)79)62-31(5)71)89-52-35(25-66)83-56(41(48(52)78)60-29(3)69)87-50-33(23-64)82-54(80)39(46(50)76)59-28(2)68/h12-13,33-37,39-58,64-67,74-80H,7-11,14-27H2,1-6H3,(H,59,68)(H,60,69)(H,61,70)(H,62,71)(H,63,73)/b13-12-/t33?,34?,35?,36?,37?,39-,40-,41-,42-,43-,44+,45?,46?,47?,48?,49?,50+,51+,52+,53+,54+,55-,56-,57-,58-/m0/s1. The van der Waals surface area contributed by atoms with Crippen LogP contribution in [0, 0.1) is 0 Å². The number of ether oxygens (including phenoxy) is 10. The Bertz CT molecular complexity index is 2250. The summed E-state index contributed by atoms with van der Waals surface area (Å²) in [7, 11) is 0. The molecule has 0 spiro atoms. The van der Waals surface area contributed by atoms with E-state index in [2.05, 4.69) is 45.7 Å². The first-order chi connectivity index (χ1) is 42.9. The van der Waals surface area contributed by atoms with Crippen molar-refractivity contribution in [3.8, 4) is 0 Å². The lowest BCUT2D eigenvalue weighted by molar-refractivity contribution is -0.367. The first-order valence-corrected chi connectivity index (χ1v) is 31.1. The van der Waals surface area contributed by atoms with Gasteiger partial charge in [0.15, 0.2) is 31.5 Å². The lowest BCUT2D eigenvalue weighted by atomic mass is 9.93. The van der Waals surface area contributed by atoms with Gasteiger partial charge in [0.2, 0.25) is 29.5 Å². The van der Waals surface area contributed by atoms with Gasteiger partial charge in [0.05, 0.1) is 26.4 Å². The van der Waals surface area contributed by atoms with Crippen LogP contribution in [0.3, 0.4) is 0 Å². The van der Waals surface area contributed by atoms with Crippen LogP contribution < -0.4 is 26.6 Å². The van der Waals surface area contributed by atoms with E-state index >= 15 is 0 Å². The summed E-state index contributed by atoms with van der Waals surface area (Å²) in [5.74, 6) is -4.40.